The van der Waals surface area contributed by atoms with E-state index in [1.165, 1.54) is 6.42 Å². The van der Waals surface area contributed by atoms with Gasteiger partial charge >= 0.3 is 0 Å². The van der Waals surface area contributed by atoms with E-state index in [4.69, 9.17) is 16.3 Å². The fourth-order valence-electron chi connectivity index (χ4n) is 6.77. The fourth-order valence-corrected chi connectivity index (χ4v) is 8.60. The first-order chi connectivity index (χ1) is 16.9. The molecule has 0 aromatic rings. The van der Waals surface area contributed by atoms with Crippen LogP contribution in [0, 0.1) is 23.7 Å². The molecule has 2 saturated carbocycles. The number of nitrogens with one attached hydrogen (secondary N) is 5. The second-order valence-corrected chi connectivity index (χ2v) is 13.2. The van der Waals surface area contributed by atoms with E-state index >= 15 is 0 Å². The normalized spacial score (nSPS) is 44.2. The van der Waals surface area contributed by atoms with Crippen LogP contribution in [0.1, 0.15) is 58.3 Å². The van der Waals surface area contributed by atoms with Crippen molar-refractivity contribution >= 4 is 35.2 Å². The lowest BCUT2D eigenvalue weighted by atomic mass is 9.70. The number of rotatable bonds is 6. The Labute approximate surface area is 218 Å². The van der Waals surface area contributed by atoms with E-state index in [0.29, 0.717) is 29.9 Å². The van der Waals surface area contributed by atoms with Crippen LogP contribution < -0.4 is 26.6 Å². The molecule has 10 heteroatoms. The van der Waals surface area contributed by atoms with Crippen LogP contribution in [0.2, 0.25) is 0 Å². The number of amides is 2. The van der Waals surface area contributed by atoms with Crippen LogP contribution in [0.25, 0.3) is 0 Å². The predicted molar refractivity (Wildman–Crippen MR) is 139 cm³/mol. The van der Waals surface area contributed by atoms with Gasteiger partial charge in [-0.25, -0.2) is 0 Å². The zero-order valence-corrected chi connectivity index (χ0v) is 22.5. The first-order valence-corrected chi connectivity index (χ1v) is 14.9. The third-order valence-electron chi connectivity index (χ3n) is 9.08. The molecule has 5 N–H and O–H groups in total. The zero-order valence-electron chi connectivity index (χ0n) is 20.9. The van der Waals surface area contributed by atoms with Crippen molar-refractivity contribution in [1.82, 2.24) is 26.6 Å². The molecule has 5 aliphatic rings. The Morgan fingerprint density at radius 3 is 2.54 bits per heavy atom. The molecule has 0 bridgehead atoms. The van der Waals surface area contributed by atoms with Gasteiger partial charge in [-0.3, -0.25) is 20.2 Å². The molecule has 198 valence electrons. The second-order valence-electron chi connectivity index (χ2n) is 11.3. The lowest BCUT2D eigenvalue weighted by Crippen LogP contribution is -2.57. The maximum absolute atomic E-state index is 13.6. The minimum atomic E-state index is -0.109. The number of methoxy groups -OCH3 is 1. The summed E-state index contributed by atoms with van der Waals surface area (Å²) in [6.07, 6.45) is 8.10. The van der Waals surface area contributed by atoms with Crippen molar-refractivity contribution in [2.45, 2.75) is 98.8 Å². The van der Waals surface area contributed by atoms with E-state index < -0.39 is 0 Å². The number of thioether (sulfide) groups is 1. The van der Waals surface area contributed by atoms with Crippen LogP contribution in [-0.2, 0) is 14.3 Å². The van der Waals surface area contributed by atoms with Crippen LogP contribution >= 0.6 is 23.4 Å². The van der Waals surface area contributed by atoms with Crippen molar-refractivity contribution in [3.63, 3.8) is 0 Å². The van der Waals surface area contributed by atoms with E-state index in [0.717, 1.165) is 51.5 Å². The first-order valence-electron chi connectivity index (χ1n) is 13.6. The monoisotopic (exact) mass is 527 g/mol. The van der Waals surface area contributed by atoms with Crippen molar-refractivity contribution in [1.29, 1.82) is 0 Å². The molecule has 3 heterocycles. The number of hydrogen-bond acceptors (Lipinski definition) is 7. The van der Waals surface area contributed by atoms with Gasteiger partial charge in [-0.05, 0) is 70.1 Å². The topological polar surface area (TPSA) is 104 Å². The molecule has 3 aliphatic heterocycles. The van der Waals surface area contributed by atoms with Crippen LogP contribution in [0.4, 0.5) is 0 Å². The number of ether oxygens (including phenoxy) is 1. The number of fused-ring (bicyclic) bond motifs is 1. The van der Waals surface area contributed by atoms with Crippen LogP contribution in [0.15, 0.2) is 0 Å². The van der Waals surface area contributed by atoms with Gasteiger partial charge in [0.05, 0.1) is 17.5 Å². The molecule has 9 unspecified atom stereocenters. The van der Waals surface area contributed by atoms with E-state index in [1.54, 1.807) is 18.9 Å². The first kappa shape index (κ1) is 26.0. The molecule has 35 heavy (non-hydrogen) atoms. The van der Waals surface area contributed by atoms with Gasteiger partial charge in [0.15, 0.2) is 0 Å². The smallest absolute Gasteiger partial charge is 0.226 e. The van der Waals surface area contributed by atoms with Crippen molar-refractivity contribution in [3.05, 3.63) is 0 Å². The summed E-state index contributed by atoms with van der Waals surface area (Å²) in [5, 5.41) is 17.4. The molecule has 0 aromatic heterocycles. The average molecular weight is 528 g/mol. The summed E-state index contributed by atoms with van der Waals surface area (Å²) >= 11 is 8.26. The molecule has 5 rings (SSSR count). The molecule has 2 aliphatic carbocycles. The Kier molecular flexibility index (Phi) is 8.51. The largest absolute Gasteiger partial charge is 0.380 e. The predicted octanol–water partition coefficient (Wildman–Crippen LogP) is 1.73. The number of hydrogen-bond donors (Lipinski definition) is 5. The van der Waals surface area contributed by atoms with Crippen LogP contribution in [-0.4, -0.2) is 72.5 Å². The maximum Gasteiger partial charge on any atom is 0.226 e. The van der Waals surface area contributed by atoms with E-state index in [9.17, 15) is 9.59 Å². The third kappa shape index (κ3) is 5.96. The van der Waals surface area contributed by atoms with E-state index in [2.05, 4.69) is 33.5 Å². The lowest BCUT2D eigenvalue weighted by molar-refractivity contribution is -0.130. The maximum atomic E-state index is 13.6. The SMILES string of the molecule is COC1CNC(Cl)CC1C1CC(C)NCC1C(=O)NC1NC2CC[C@H](C(=O)NC3CCC3)CC2S1. The van der Waals surface area contributed by atoms with Gasteiger partial charge in [0, 0.05) is 49.5 Å². The summed E-state index contributed by atoms with van der Waals surface area (Å²) in [6, 6.07) is 1.13. The quantitative estimate of drug-likeness (QED) is 0.265. The van der Waals surface area contributed by atoms with Crippen molar-refractivity contribution in [2.75, 3.05) is 20.2 Å². The van der Waals surface area contributed by atoms with E-state index in [-0.39, 0.29) is 52.6 Å². The van der Waals surface area contributed by atoms with Gasteiger partial charge in [0.2, 0.25) is 11.8 Å². The fraction of sp³-hybridized carbons (Fsp3) is 0.920. The minimum Gasteiger partial charge on any atom is -0.380 e. The van der Waals surface area contributed by atoms with Crippen molar-refractivity contribution in [2.24, 2.45) is 23.7 Å². The standard InChI is InChI=1S/C25H42ClN5O3S/c1-13-8-16(17-10-22(26)28-12-20(17)34-2)18(11-27-13)24(33)31-25-30-19-7-6-14(9-21(19)35-25)23(32)29-15-4-3-5-15/h13-22,25,27-28,30H,3-12H2,1-2H3,(H,29,32)(H,31,33)/t13?,14-,16?,17?,18?,19?,20?,21?,22?,25?/m0/s1. The van der Waals surface area contributed by atoms with Crippen LogP contribution in [0.5, 0.6) is 0 Å². The Morgan fingerprint density at radius 2 is 1.80 bits per heavy atom. The summed E-state index contributed by atoms with van der Waals surface area (Å²) in [7, 11) is 1.76. The Hall–Kier alpha value is -0.580. The second kappa shape index (κ2) is 11.4. The van der Waals surface area contributed by atoms with Gasteiger partial charge in [-0.1, -0.05) is 0 Å². The molecule has 10 atom stereocenters. The zero-order chi connectivity index (χ0) is 24.5. The summed E-state index contributed by atoms with van der Waals surface area (Å²) in [6.45, 7) is 3.60. The molecule has 3 saturated heterocycles. The number of piperidine rings is 2. The highest BCUT2D eigenvalue weighted by molar-refractivity contribution is 8.00. The molecule has 8 nitrogen and oxygen atoms in total. The highest BCUT2D eigenvalue weighted by atomic mass is 35.5. The minimum absolute atomic E-state index is 0.0699. The molecule has 0 radical (unpaired) electrons. The number of alkyl halides is 1. The number of halogens is 1. The molecule has 2 amide bonds. The Morgan fingerprint density at radius 1 is 0.971 bits per heavy atom. The highest BCUT2D eigenvalue weighted by Gasteiger charge is 2.46. The summed E-state index contributed by atoms with van der Waals surface area (Å²) < 4.78 is 5.81. The van der Waals surface area contributed by atoms with Gasteiger partial charge < -0.3 is 20.7 Å². The molecular weight excluding hydrogens is 486 g/mol. The third-order valence-corrected chi connectivity index (χ3v) is 10.8. The average Bonchev–Trinajstić information content (AvgIpc) is 3.22. The Bertz CT molecular complexity index is 773. The summed E-state index contributed by atoms with van der Waals surface area (Å²) in [5.74, 6) is 0.819. The van der Waals surface area contributed by atoms with Crippen LogP contribution in [0.3, 0.4) is 0 Å². The van der Waals surface area contributed by atoms with Gasteiger partial charge in [-0.15, -0.1) is 23.4 Å². The highest BCUT2D eigenvalue weighted by Crippen LogP contribution is 2.40. The number of carbonyl (C=O) groups is 2. The summed E-state index contributed by atoms with van der Waals surface area (Å²) in [5.41, 5.74) is -0.178. The van der Waals surface area contributed by atoms with E-state index in [1.807, 2.05) is 0 Å². The van der Waals surface area contributed by atoms with Crippen molar-refractivity contribution in [3.8, 4) is 0 Å². The molecule has 0 spiro atoms. The lowest BCUT2D eigenvalue weighted by Gasteiger charge is -2.45. The number of carbonyl (C=O) groups excluding carboxylic acids is 2. The van der Waals surface area contributed by atoms with Gasteiger partial charge in [0.25, 0.3) is 0 Å². The molecule has 5 fully saturated rings. The molecular formula is C25H42ClN5O3S. The van der Waals surface area contributed by atoms with Gasteiger partial charge in [-0.2, -0.15) is 0 Å². The summed E-state index contributed by atoms with van der Waals surface area (Å²) in [4.78, 5) is 26.3. The van der Waals surface area contributed by atoms with Gasteiger partial charge in [0.1, 0.15) is 5.50 Å². The molecule has 0 aromatic carbocycles. The van der Waals surface area contributed by atoms with Crippen molar-refractivity contribution < 1.29 is 14.3 Å². The Balaban J connectivity index is 1.17.